The summed E-state index contributed by atoms with van der Waals surface area (Å²) < 4.78 is 31.6. The first-order chi connectivity index (χ1) is 11.9. The molecule has 7 atom stereocenters. The Kier molecular flexibility index (Phi) is 7.33. The molecular formula is C19H33NaO6S. The summed E-state index contributed by atoms with van der Waals surface area (Å²) in [4.78, 5) is 12.4. The molecule has 8 heteroatoms. The fraction of sp³-hybridized carbons (Fsp3) is 0.947. The number of hydrogen-bond acceptors (Lipinski definition) is 4. The van der Waals surface area contributed by atoms with Crippen LogP contribution in [0.5, 0.6) is 0 Å². The second-order valence-electron chi connectivity index (χ2n) is 9.45. The minimum atomic E-state index is -4.67. The summed E-state index contributed by atoms with van der Waals surface area (Å²) in [6.45, 7) is 4.78. The molecule has 27 heavy (non-hydrogen) atoms. The zero-order chi connectivity index (χ0) is 19.3. The number of Topliss-reactive ketones (excluding diaryl/α,β-unsaturated/α-hetero) is 1. The zero-order valence-corrected chi connectivity index (χ0v) is 19.5. The maximum atomic E-state index is 12.4. The van der Waals surface area contributed by atoms with Crippen LogP contribution in [-0.4, -0.2) is 34.5 Å². The summed E-state index contributed by atoms with van der Waals surface area (Å²) in [5, 5.41) is 10.0. The van der Waals surface area contributed by atoms with Gasteiger partial charge in [0.2, 0.25) is 0 Å². The summed E-state index contributed by atoms with van der Waals surface area (Å²) in [6, 6.07) is 0. The van der Waals surface area contributed by atoms with Crippen molar-refractivity contribution >= 4 is 16.2 Å². The van der Waals surface area contributed by atoms with E-state index >= 15 is 0 Å². The third-order valence-electron chi connectivity index (χ3n) is 8.35. The monoisotopic (exact) mass is 412 g/mol. The molecule has 6 nitrogen and oxygen atoms in total. The molecule has 0 saturated heterocycles. The van der Waals surface area contributed by atoms with E-state index in [1.54, 1.807) is 0 Å². The molecule has 0 aromatic rings. The molecule has 0 aliphatic heterocycles. The standard InChI is InChI=1S/C19H30O2.Na.H2O4S.H/c1-18-9-7-13(20)11-12(18)3-4-14-15-5-6-17(21)19(15,2)10-8-16(14)18;;1-5(2,3)4;/h12-16,20H,3-11H2,1-2H3;;(H2,1,2,3,4);/q;+1;;-1/t12?,13-,14-,15-,16-,18-,19-;;;/m0.../s1. The van der Waals surface area contributed by atoms with E-state index in [-0.39, 0.29) is 42.5 Å². The number of ketones is 1. The summed E-state index contributed by atoms with van der Waals surface area (Å²) in [7, 11) is -4.67. The molecule has 0 radical (unpaired) electrons. The number of fused-ring (bicyclic) bond motifs is 5. The van der Waals surface area contributed by atoms with Crippen molar-refractivity contribution in [2.24, 2.45) is 34.5 Å². The maximum absolute atomic E-state index is 12.4. The number of aliphatic hydroxyl groups is 1. The first-order valence-corrected chi connectivity index (χ1v) is 11.3. The van der Waals surface area contributed by atoms with Crippen molar-refractivity contribution in [1.82, 2.24) is 0 Å². The molecule has 0 bridgehead atoms. The normalized spacial score (nSPS) is 46.1. The summed E-state index contributed by atoms with van der Waals surface area (Å²) >= 11 is 0. The van der Waals surface area contributed by atoms with Crippen LogP contribution in [0.1, 0.15) is 73.1 Å². The van der Waals surface area contributed by atoms with E-state index in [2.05, 4.69) is 13.8 Å². The van der Waals surface area contributed by atoms with Crippen LogP contribution < -0.4 is 29.6 Å². The van der Waals surface area contributed by atoms with Gasteiger partial charge in [0.15, 0.2) is 0 Å². The van der Waals surface area contributed by atoms with Crippen LogP contribution in [-0.2, 0) is 15.2 Å². The predicted molar refractivity (Wildman–Crippen MR) is 98.0 cm³/mol. The third kappa shape index (κ3) is 4.65. The first kappa shape index (κ1) is 23.8. The number of carbonyl (C=O) groups is 1. The Balaban J connectivity index is 0.000000504. The molecule has 0 spiro atoms. The van der Waals surface area contributed by atoms with Gasteiger partial charge in [-0.2, -0.15) is 8.42 Å². The van der Waals surface area contributed by atoms with Crippen molar-refractivity contribution in [3.8, 4) is 0 Å². The molecule has 1 unspecified atom stereocenters. The van der Waals surface area contributed by atoms with Crippen LogP contribution in [0.3, 0.4) is 0 Å². The van der Waals surface area contributed by atoms with Gasteiger partial charge in [0.25, 0.3) is 0 Å². The second-order valence-corrected chi connectivity index (χ2v) is 10.3. The molecule has 3 N–H and O–H groups in total. The van der Waals surface area contributed by atoms with Crippen molar-refractivity contribution in [2.45, 2.75) is 77.7 Å². The summed E-state index contributed by atoms with van der Waals surface area (Å²) in [6.07, 6.45) is 10.1. The smallest absolute Gasteiger partial charge is 1.00 e. The molecule has 4 saturated carbocycles. The van der Waals surface area contributed by atoms with Crippen molar-refractivity contribution in [2.75, 3.05) is 0 Å². The van der Waals surface area contributed by atoms with Gasteiger partial charge in [0.1, 0.15) is 5.78 Å². The van der Waals surface area contributed by atoms with Crippen molar-refractivity contribution in [1.29, 1.82) is 0 Å². The molecule has 4 rings (SSSR count). The Labute approximate surface area is 186 Å². The van der Waals surface area contributed by atoms with Crippen molar-refractivity contribution in [3.63, 3.8) is 0 Å². The van der Waals surface area contributed by atoms with Gasteiger partial charge in [-0.15, -0.1) is 0 Å². The minimum Gasteiger partial charge on any atom is -1.00 e. The summed E-state index contributed by atoms with van der Waals surface area (Å²) in [5.41, 5.74) is 0.452. The van der Waals surface area contributed by atoms with E-state index in [9.17, 15) is 9.90 Å². The molecule has 0 aromatic carbocycles. The number of carbonyl (C=O) groups excluding carboxylic acids is 1. The average molecular weight is 413 g/mol. The topological polar surface area (TPSA) is 112 Å². The maximum Gasteiger partial charge on any atom is 1.00 e. The van der Waals surface area contributed by atoms with Gasteiger partial charge >= 0.3 is 40.0 Å². The number of aliphatic hydroxyl groups excluding tert-OH is 1. The number of hydrogen-bond donors (Lipinski definition) is 3. The fourth-order valence-electron chi connectivity index (χ4n) is 7.01. The van der Waals surface area contributed by atoms with Gasteiger partial charge < -0.3 is 6.53 Å². The van der Waals surface area contributed by atoms with Crippen molar-refractivity contribution in [3.05, 3.63) is 0 Å². The molecule has 0 heterocycles. The van der Waals surface area contributed by atoms with Crippen LogP contribution in [0.25, 0.3) is 0 Å². The van der Waals surface area contributed by atoms with Crippen LogP contribution in [0.4, 0.5) is 0 Å². The van der Waals surface area contributed by atoms with E-state index < -0.39 is 10.4 Å². The third-order valence-corrected chi connectivity index (χ3v) is 8.35. The van der Waals surface area contributed by atoms with Crippen LogP contribution >= 0.6 is 0 Å². The number of rotatable bonds is 0. The van der Waals surface area contributed by atoms with Crippen LogP contribution in [0, 0.1) is 34.5 Å². The van der Waals surface area contributed by atoms with Gasteiger partial charge in [0.05, 0.1) is 6.10 Å². The molecule has 4 fully saturated rings. The van der Waals surface area contributed by atoms with E-state index in [1.165, 1.54) is 25.7 Å². The van der Waals surface area contributed by atoms with Gasteiger partial charge in [-0.05, 0) is 80.5 Å². The Bertz CT molecular complexity index is 665. The van der Waals surface area contributed by atoms with E-state index in [0.29, 0.717) is 17.1 Å². The average Bonchev–Trinajstić information content (AvgIpc) is 2.82. The Morgan fingerprint density at radius 2 is 1.63 bits per heavy atom. The van der Waals surface area contributed by atoms with E-state index in [4.69, 9.17) is 17.5 Å². The Morgan fingerprint density at radius 3 is 2.26 bits per heavy atom. The second kappa shape index (κ2) is 8.32. The molecule has 152 valence electrons. The largest absolute Gasteiger partial charge is 1.00 e. The Hall–Kier alpha value is 0.500. The van der Waals surface area contributed by atoms with Crippen LogP contribution in [0.2, 0.25) is 0 Å². The fourth-order valence-corrected chi connectivity index (χ4v) is 7.01. The first-order valence-electron chi connectivity index (χ1n) is 9.86. The van der Waals surface area contributed by atoms with E-state index in [0.717, 1.165) is 49.9 Å². The van der Waals surface area contributed by atoms with Gasteiger partial charge in [-0.1, -0.05) is 13.8 Å². The quantitative estimate of drug-likeness (QED) is 0.393. The minimum absolute atomic E-state index is 0. The summed E-state index contributed by atoms with van der Waals surface area (Å²) in [5.74, 6) is 3.54. The van der Waals surface area contributed by atoms with Crippen LogP contribution in [0.15, 0.2) is 0 Å². The molecular weight excluding hydrogens is 379 g/mol. The Morgan fingerprint density at radius 1 is 1.00 bits per heavy atom. The van der Waals surface area contributed by atoms with Gasteiger partial charge in [-0.25, -0.2) is 0 Å². The van der Waals surface area contributed by atoms with E-state index in [1.807, 2.05) is 0 Å². The van der Waals surface area contributed by atoms with Gasteiger partial charge in [0, 0.05) is 11.8 Å². The molecule has 0 amide bonds. The zero-order valence-electron chi connectivity index (χ0n) is 17.7. The predicted octanol–water partition coefficient (Wildman–Crippen LogP) is 0.423. The SMILES string of the molecule is C[C@]12CC[C@H](O)CC1CC[C@@H]1[C@@H]2CC[C@]2(C)C(=O)CC[C@@H]12.O=S(=O)(O)O.[H-].[Na+]. The molecule has 0 aromatic heterocycles. The van der Waals surface area contributed by atoms with Crippen molar-refractivity contribution < 1.29 is 58.4 Å². The van der Waals surface area contributed by atoms with Gasteiger partial charge in [-0.3, -0.25) is 13.9 Å². The molecule has 4 aliphatic carbocycles. The molecule has 4 aliphatic rings.